The largest absolute Gasteiger partial charge is 0.293 e. The number of ketones is 1. The SMILES string of the molecule is CPON1CC[C@@](C)(C(=O)c2ccc3ccccc3c2)C1=O. The maximum Gasteiger partial charge on any atom is 0.260 e. The van der Waals surface area contributed by atoms with E-state index in [1.807, 2.05) is 43.1 Å². The molecule has 4 nitrogen and oxygen atoms in total. The highest BCUT2D eigenvalue weighted by Crippen LogP contribution is 2.37. The number of rotatable bonds is 4. The van der Waals surface area contributed by atoms with E-state index in [0.717, 1.165) is 10.8 Å². The number of hydrogen-bond acceptors (Lipinski definition) is 3. The summed E-state index contributed by atoms with van der Waals surface area (Å²) in [7, 11) is 0.195. The van der Waals surface area contributed by atoms with Gasteiger partial charge in [0.1, 0.15) is 5.41 Å². The van der Waals surface area contributed by atoms with Crippen molar-refractivity contribution in [3.8, 4) is 0 Å². The van der Waals surface area contributed by atoms with Gasteiger partial charge in [0.15, 0.2) is 5.78 Å². The normalized spacial score (nSPS) is 22.1. The van der Waals surface area contributed by atoms with E-state index in [0.29, 0.717) is 18.5 Å². The fourth-order valence-corrected chi connectivity index (χ4v) is 3.26. The third-order valence-electron chi connectivity index (χ3n) is 4.23. The Morgan fingerprint density at radius 2 is 1.95 bits per heavy atom. The Balaban J connectivity index is 1.93. The van der Waals surface area contributed by atoms with Crippen LogP contribution in [0.15, 0.2) is 42.5 Å². The molecule has 0 radical (unpaired) electrons. The number of hydrogen-bond donors (Lipinski definition) is 0. The molecule has 2 atom stereocenters. The molecule has 114 valence electrons. The van der Waals surface area contributed by atoms with Crippen molar-refractivity contribution < 1.29 is 14.2 Å². The summed E-state index contributed by atoms with van der Waals surface area (Å²) >= 11 is 0. The minimum atomic E-state index is -1.03. The molecule has 0 aliphatic carbocycles. The number of carbonyl (C=O) groups is 2. The lowest BCUT2D eigenvalue weighted by Gasteiger charge is -2.21. The first-order valence-electron chi connectivity index (χ1n) is 7.25. The Hall–Kier alpha value is -1.77. The molecule has 0 spiro atoms. The highest BCUT2D eigenvalue weighted by molar-refractivity contribution is 7.31. The summed E-state index contributed by atoms with van der Waals surface area (Å²) in [6.45, 7) is 4.04. The van der Waals surface area contributed by atoms with Gasteiger partial charge in [-0.2, -0.15) is 0 Å². The van der Waals surface area contributed by atoms with Gasteiger partial charge in [-0.15, -0.1) is 0 Å². The van der Waals surface area contributed by atoms with Crippen LogP contribution in [0.25, 0.3) is 10.8 Å². The van der Waals surface area contributed by atoms with Crippen LogP contribution in [-0.2, 0) is 9.42 Å². The fraction of sp³-hybridized carbons (Fsp3) is 0.294. The van der Waals surface area contributed by atoms with E-state index >= 15 is 0 Å². The van der Waals surface area contributed by atoms with E-state index in [9.17, 15) is 9.59 Å². The van der Waals surface area contributed by atoms with Crippen LogP contribution in [0.3, 0.4) is 0 Å². The number of carbonyl (C=O) groups excluding carboxylic acids is 2. The van der Waals surface area contributed by atoms with Crippen molar-refractivity contribution in [1.29, 1.82) is 0 Å². The second kappa shape index (κ2) is 5.79. The Morgan fingerprint density at radius 1 is 1.23 bits per heavy atom. The van der Waals surface area contributed by atoms with Crippen LogP contribution in [0, 0.1) is 5.41 Å². The maximum absolute atomic E-state index is 12.9. The van der Waals surface area contributed by atoms with Gasteiger partial charge in [-0.1, -0.05) is 36.4 Å². The monoisotopic (exact) mass is 315 g/mol. The predicted molar refractivity (Wildman–Crippen MR) is 88.0 cm³/mol. The third-order valence-corrected chi connectivity index (χ3v) is 4.63. The van der Waals surface area contributed by atoms with Gasteiger partial charge in [0.25, 0.3) is 5.91 Å². The zero-order valence-corrected chi connectivity index (χ0v) is 13.6. The first-order chi connectivity index (χ1) is 10.6. The molecule has 0 bridgehead atoms. The molecule has 0 N–H and O–H groups in total. The maximum atomic E-state index is 12.9. The van der Waals surface area contributed by atoms with Crippen molar-refractivity contribution in [2.75, 3.05) is 13.2 Å². The zero-order chi connectivity index (χ0) is 15.7. The summed E-state index contributed by atoms with van der Waals surface area (Å²) in [6.07, 6.45) is 0.488. The Bertz CT molecular complexity index is 746. The van der Waals surface area contributed by atoms with Crippen LogP contribution in [0.1, 0.15) is 23.7 Å². The van der Waals surface area contributed by atoms with Crippen molar-refractivity contribution in [3.05, 3.63) is 48.0 Å². The van der Waals surface area contributed by atoms with Gasteiger partial charge in [-0.05, 0) is 36.8 Å². The molecule has 3 rings (SSSR count). The summed E-state index contributed by atoms with van der Waals surface area (Å²) in [5.74, 6) is -0.367. The van der Waals surface area contributed by atoms with Crippen LogP contribution in [0.2, 0.25) is 0 Å². The van der Waals surface area contributed by atoms with Gasteiger partial charge in [0.2, 0.25) is 0 Å². The van der Waals surface area contributed by atoms with E-state index in [4.69, 9.17) is 4.62 Å². The first-order valence-corrected chi connectivity index (χ1v) is 8.66. The van der Waals surface area contributed by atoms with Gasteiger partial charge in [0.05, 0.1) is 6.54 Å². The Kier molecular flexibility index (Phi) is 3.98. The van der Waals surface area contributed by atoms with Crippen LogP contribution < -0.4 is 0 Å². The molecule has 2 aromatic rings. The lowest BCUT2D eigenvalue weighted by molar-refractivity contribution is -0.153. The van der Waals surface area contributed by atoms with Gasteiger partial charge >= 0.3 is 0 Å². The van der Waals surface area contributed by atoms with E-state index in [1.54, 1.807) is 13.0 Å². The third kappa shape index (κ3) is 2.43. The van der Waals surface area contributed by atoms with Crippen LogP contribution in [-0.4, -0.2) is 30.0 Å². The Morgan fingerprint density at radius 3 is 2.68 bits per heavy atom. The lowest BCUT2D eigenvalue weighted by Crippen LogP contribution is -2.37. The molecule has 0 saturated carbocycles. The van der Waals surface area contributed by atoms with E-state index < -0.39 is 5.41 Å². The standard InChI is InChI=1S/C17H18NO3P/c1-17(9-10-18(16(17)20)21-22-2)15(19)14-8-7-12-5-3-4-6-13(12)11-14/h3-8,11,22H,9-10H2,1-2H3/t17-/m0/s1. The molecular formula is C17H18NO3P. The number of nitrogens with zero attached hydrogens (tertiary/aromatic N) is 1. The summed E-state index contributed by atoms with van der Waals surface area (Å²) in [5.41, 5.74) is -0.447. The van der Waals surface area contributed by atoms with Crippen LogP contribution >= 0.6 is 8.81 Å². The summed E-state index contributed by atoms with van der Waals surface area (Å²) in [5, 5.41) is 3.42. The summed E-state index contributed by atoms with van der Waals surface area (Å²) in [6, 6.07) is 13.5. The van der Waals surface area contributed by atoms with Crippen LogP contribution in [0.5, 0.6) is 0 Å². The summed E-state index contributed by atoms with van der Waals surface area (Å²) < 4.78 is 5.33. The van der Waals surface area contributed by atoms with Crippen molar-refractivity contribution in [3.63, 3.8) is 0 Å². The molecule has 1 heterocycles. The van der Waals surface area contributed by atoms with Gasteiger partial charge in [-0.25, -0.2) is 5.06 Å². The summed E-state index contributed by atoms with van der Waals surface area (Å²) in [4.78, 5) is 25.4. The highest BCUT2D eigenvalue weighted by Gasteiger charge is 2.49. The number of hydroxylamine groups is 2. The van der Waals surface area contributed by atoms with Crippen molar-refractivity contribution in [2.45, 2.75) is 13.3 Å². The highest BCUT2D eigenvalue weighted by atomic mass is 31.1. The number of amides is 1. The smallest absolute Gasteiger partial charge is 0.260 e. The fourth-order valence-electron chi connectivity index (χ4n) is 2.87. The lowest BCUT2D eigenvalue weighted by atomic mass is 9.80. The number of fused-ring (bicyclic) bond motifs is 1. The zero-order valence-electron chi connectivity index (χ0n) is 12.6. The first kappa shape index (κ1) is 15.1. The predicted octanol–water partition coefficient (Wildman–Crippen LogP) is 3.42. The molecule has 1 aliphatic rings. The second-order valence-electron chi connectivity index (χ2n) is 5.68. The number of benzene rings is 2. The van der Waals surface area contributed by atoms with Gasteiger partial charge in [0, 0.05) is 14.4 Å². The van der Waals surface area contributed by atoms with Crippen molar-refractivity contribution >= 4 is 31.3 Å². The van der Waals surface area contributed by atoms with Gasteiger partial charge in [-0.3, -0.25) is 14.2 Å². The topological polar surface area (TPSA) is 46.6 Å². The van der Waals surface area contributed by atoms with Crippen molar-refractivity contribution in [1.82, 2.24) is 5.06 Å². The molecule has 1 fully saturated rings. The Labute approximate surface area is 131 Å². The minimum absolute atomic E-state index is 0.131. The molecule has 0 aromatic heterocycles. The quantitative estimate of drug-likeness (QED) is 0.493. The van der Waals surface area contributed by atoms with E-state index in [1.165, 1.54) is 5.06 Å². The molecule has 5 heteroatoms. The molecule has 22 heavy (non-hydrogen) atoms. The average molecular weight is 315 g/mol. The molecule has 1 saturated heterocycles. The molecule has 1 unspecified atom stereocenters. The average Bonchev–Trinajstić information content (AvgIpc) is 2.84. The van der Waals surface area contributed by atoms with Gasteiger partial charge < -0.3 is 0 Å². The van der Waals surface area contributed by atoms with Crippen LogP contribution in [0.4, 0.5) is 0 Å². The second-order valence-corrected chi connectivity index (χ2v) is 6.27. The van der Waals surface area contributed by atoms with Crippen molar-refractivity contribution in [2.24, 2.45) is 5.41 Å². The molecule has 1 aliphatic heterocycles. The minimum Gasteiger partial charge on any atom is -0.293 e. The molecule has 2 aromatic carbocycles. The van der Waals surface area contributed by atoms with E-state index in [2.05, 4.69) is 0 Å². The molecule has 1 amide bonds. The number of Topliss-reactive ketones (excluding diaryl/α,β-unsaturated/α-hetero) is 1. The molecular weight excluding hydrogens is 297 g/mol. The van der Waals surface area contributed by atoms with E-state index in [-0.39, 0.29) is 20.5 Å².